The molecule has 0 heterocycles. The van der Waals surface area contributed by atoms with Crippen molar-refractivity contribution >= 4 is 0 Å². The molecule has 0 saturated heterocycles. The summed E-state index contributed by atoms with van der Waals surface area (Å²) in [6, 6.07) is 9.67. The van der Waals surface area contributed by atoms with Crippen molar-refractivity contribution in [2.75, 3.05) is 6.54 Å². The normalized spacial score (nSPS) is 25.2. The van der Waals surface area contributed by atoms with Crippen LogP contribution < -0.4 is 5.32 Å². The Morgan fingerprint density at radius 1 is 1.16 bits per heavy atom. The smallest absolute Gasteiger partial charge is 0.0323 e. The number of benzene rings is 1. The van der Waals surface area contributed by atoms with Gasteiger partial charge in [0.1, 0.15) is 0 Å². The summed E-state index contributed by atoms with van der Waals surface area (Å²) < 4.78 is 0. The Bertz CT molecular complexity index is 414. The van der Waals surface area contributed by atoms with Crippen LogP contribution in [0.1, 0.15) is 69.0 Å². The molecule has 1 heteroatoms. The van der Waals surface area contributed by atoms with Crippen LogP contribution in [-0.4, -0.2) is 6.54 Å². The van der Waals surface area contributed by atoms with Gasteiger partial charge >= 0.3 is 0 Å². The fourth-order valence-electron chi connectivity index (χ4n) is 3.81. The molecule has 1 aromatic rings. The Hall–Kier alpha value is -0.820. The van der Waals surface area contributed by atoms with E-state index in [1.165, 1.54) is 57.9 Å². The van der Waals surface area contributed by atoms with Crippen LogP contribution in [0.15, 0.2) is 24.3 Å². The molecule has 3 rings (SSSR count). The van der Waals surface area contributed by atoms with Gasteiger partial charge in [0.2, 0.25) is 0 Å². The molecule has 2 aliphatic rings. The first-order valence-corrected chi connectivity index (χ1v) is 8.14. The van der Waals surface area contributed by atoms with E-state index in [1.54, 1.807) is 11.1 Å². The van der Waals surface area contributed by atoms with Crippen molar-refractivity contribution in [2.45, 2.75) is 64.3 Å². The molecule has 2 aliphatic carbocycles. The molecule has 0 spiro atoms. The first-order valence-electron chi connectivity index (χ1n) is 8.14. The molecule has 0 radical (unpaired) electrons. The van der Waals surface area contributed by atoms with E-state index >= 15 is 0 Å². The topological polar surface area (TPSA) is 12.0 Å². The predicted molar refractivity (Wildman–Crippen MR) is 81.3 cm³/mol. The van der Waals surface area contributed by atoms with Gasteiger partial charge in [0.15, 0.2) is 0 Å². The van der Waals surface area contributed by atoms with Crippen LogP contribution in [0.5, 0.6) is 0 Å². The number of hydrogen-bond acceptors (Lipinski definition) is 1. The van der Waals surface area contributed by atoms with Crippen LogP contribution in [0.3, 0.4) is 0 Å². The quantitative estimate of drug-likeness (QED) is 0.776. The number of rotatable bonds is 4. The van der Waals surface area contributed by atoms with E-state index in [1.807, 2.05) is 0 Å². The molecule has 1 saturated carbocycles. The minimum atomic E-state index is 0.600. The van der Waals surface area contributed by atoms with E-state index in [4.69, 9.17) is 0 Å². The minimum absolute atomic E-state index is 0.600. The average molecular weight is 257 g/mol. The molecule has 104 valence electrons. The molecule has 1 atom stereocenters. The summed E-state index contributed by atoms with van der Waals surface area (Å²) in [4.78, 5) is 0. The van der Waals surface area contributed by atoms with E-state index < -0.39 is 0 Å². The van der Waals surface area contributed by atoms with Gasteiger partial charge in [0.05, 0.1) is 0 Å². The molecule has 0 amide bonds. The van der Waals surface area contributed by atoms with Crippen molar-refractivity contribution in [3.05, 3.63) is 35.4 Å². The summed E-state index contributed by atoms with van der Waals surface area (Å²) in [5.41, 5.74) is 3.78. The van der Waals surface area contributed by atoms with Gasteiger partial charge in [0.25, 0.3) is 0 Å². The van der Waals surface area contributed by atoms with Gasteiger partial charge < -0.3 is 5.32 Å². The molecule has 19 heavy (non-hydrogen) atoms. The summed E-state index contributed by atoms with van der Waals surface area (Å²) in [5.74, 6) is 0. The van der Waals surface area contributed by atoms with Gasteiger partial charge in [-0.15, -0.1) is 0 Å². The first kappa shape index (κ1) is 13.2. The summed E-state index contributed by atoms with van der Waals surface area (Å²) in [6.07, 6.45) is 11.0. The first-order chi connectivity index (χ1) is 9.33. The monoisotopic (exact) mass is 257 g/mol. The Morgan fingerprint density at radius 3 is 2.74 bits per heavy atom. The minimum Gasteiger partial charge on any atom is -0.309 e. The molecule has 1 fully saturated rings. The van der Waals surface area contributed by atoms with Gasteiger partial charge in [-0.2, -0.15) is 0 Å². The molecule has 1 nitrogen and oxygen atoms in total. The zero-order chi connectivity index (χ0) is 13.1. The lowest BCUT2D eigenvalue weighted by atomic mass is 9.67. The summed E-state index contributed by atoms with van der Waals surface area (Å²) in [7, 11) is 0. The van der Waals surface area contributed by atoms with E-state index in [0.29, 0.717) is 11.5 Å². The van der Waals surface area contributed by atoms with Crippen molar-refractivity contribution < 1.29 is 0 Å². The lowest BCUT2D eigenvalue weighted by Gasteiger charge is -2.42. The van der Waals surface area contributed by atoms with Crippen molar-refractivity contribution in [3.63, 3.8) is 0 Å². The Balaban J connectivity index is 1.70. The van der Waals surface area contributed by atoms with Crippen LogP contribution in [0.2, 0.25) is 0 Å². The van der Waals surface area contributed by atoms with Crippen LogP contribution in [0, 0.1) is 5.41 Å². The van der Waals surface area contributed by atoms with E-state index in [-0.39, 0.29) is 0 Å². The average Bonchev–Trinajstić information content (AvgIpc) is 2.61. The SMILES string of the molecule is CCC1(CNC2CCCCc3ccccc32)CCC1. The number of aryl methyl sites for hydroxylation is 1. The van der Waals surface area contributed by atoms with Crippen LogP contribution >= 0.6 is 0 Å². The highest BCUT2D eigenvalue weighted by Crippen LogP contribution is 2.43. The van der Waals surface area contributed by atoms with Gasteiger partial charge in [-0.05, 0) is 55.1 Å². The van der Waals surface area contributed by atoms with Crippen molar-refractivity contribution in [1.82, 2.24) is 5.32 Å². The maximum atomic E-state index is 3.91. The van der Waals surface area contributed by atoms with E-state index in [9.17, 15) is 0 Å². The third-order valence-corrected chi connectivity index (χ3v) is 5.51. The van der Waals surface area contributed by atoms with Gasteiger partial charge in [0, 0.05) is 12.6 Å². The zero-order valence-electron chi connectivity index (χ0n) is 12.3. The van der Waals surface area contributed by atoms with E-state index in [0.717, 1.165) is 0 Å². The third-order valence-electron chi connectivity index (χ3n) is 5.51. The van der Waals surface area contributed by atoms with Gasteiger partial charge in [-0.1, -0.05) is 44.0 Å². The second-order valence-electron chi connectivity index (χ2n) is 6.59. The van der Waals surface area contributed by atoms with Crippen molar-refractivity contribution in [3.8, 4) is 0 Å². The molecule has 0 aromatic heterocycles. The summed E-state index contributed by atoms with van der Waals surface area (Å²) in [5, 5.41) is 3.91. The maximum Gasteiger partial charge on any atom is 0.0323 e. The molecule has 0 aliphatic heterocycles. The highest BCUT2D eigenvalue weighted by Gasteiger charge is 2.35. The largest absolute Gasteiger partial charge is 0.309 e. The summed E-state index contributed by atoms with van der Waals surface area (Å²) >= 11 is 0. The highest BCUT2D eigenvalue weighted by molar-refractivity contribution is 5.31. The van der Waals surface area contributed by atoms with Crippen molar-refractivity contribution in [2.24, 2.45) is 5.41 Å². The van der Waals surface area contributed by atoms with Crippen LogP contribution in [0.25, 0.3) is 0 Å². The molecular weight excluding hydrogens is 230 g/mol. The zero-order valence-corrected chi connectivity index (χ0v) is 12.3. The standard InChI is InChI=1S/C18H27N/c1-2-18(12-7-13-18)14-19-17-11-6-4-9-15-8-3-5-10-16(15)17/h3,5,8,10,17,19H,2,4,6-7,9,11-14H2,1H3. The number of hydrogen-bond donors (Lipinski definition) is 1. The van der Waals surface area contributed by atoms with Crippen LogP contribution in [0.4, 0.5) is 0 Å². The number of fused-ring (bicyclic) bond motifs is 1. The third kappa shape index (κ3) is 2.72. The second-order valence-corrected chi connectivity index (χ2v) is 6.59. The summed E-state index contributed by atoms with van der Waals surface area (Å²) in [6.45, 7) is 3.59. The Kier molecular flexibility index (Phi) is 3.93. The van der Waals surface area contributed by atoms with Crippen molar-refractivity contribution in [1.29, 1.82) is 0 Å². The lowest BCUT2D eigenvalue weighted by Crippen LogP contribution is -2.40. The predicted octanol–water partition coefficient (Wildman–Crippen LogP) is 4.62. The van der Waals surface area contributed by atoms with Gasteiger partial charge in [-0.25, -0.2) is 0 Å². The molecular formula is C18H27N. The van der Waals surface area contributed by atoms with Crippen LogP contribution in [-0.2, 0) is 6.42 Å². The Morgan fingerprint density at radius 2 is 2.00 bits per heavy atom. The lowest BCUT2D eigenvalue weighted by molar-refractivity contribution is 0.118. The van der Waals surface area contributed by atoms with E-state index in [2.05, 4.69) is 36.5 Å². The fourth-order valence-corrected chi connectivity index (χ4v) is 3.81. The second kappa shape index (κ2) is 5.66. The fraction of sp³-hybridized carbons (Fsp3) is 0.667. The van der Waals surface area contributed by atoms with Gasteiger partial charge in [-0.3, -0.25) is 0 Å². The molecule has 0 bridgehead atoms. The Labute approximate surface area is 117 Å². The molecule has 1 N–H and O–H groups in total. The molecule has 1 unspecified atom stereocenters. The number of nitrogens with one attached hydrogen (secondary N) is 1. The maximum absolute atomic E-state index is 3.91. The molecule has 1 aromatic carbocycles. The highest BCUT2D eigenvalue weighted by atomic mass is 14.9.